The van der Waals surface area contributed by atoms with E-state index in [-0.39, 0.29) is 17.0 Å². The SMILES string of the molecule is O=C(Nc1ccc(OC(F)F)cc1)c1ccc(=O)n(-c2ccccc2)n1. The van der Waals surface area contributed by atoms with Gasteiger partial charge in [-0.25, -0.2) is 0 Å². The molecule has 0 radical (unpaired) electrons. The summed E-state index contributed by atoms with van der Waals surface area (Å²) in [5.41, 5.74) is 0.555. The van der Waals surface area contributed by atoms with E-state index >= 15 is 0 Å². The van der Waals surface area contributed by atoms with E-state index in [0.717, 1.165) is 4.68 Å². The average molecular weight is 357 g/mol. The molecule has 8 heteroatoms. The summed E-state index contributed by atoms with van der Waals surface area (Å²) in [4.78, 5) is 24.3. The van der Waals surface area contributed by atoms with Gasteiger partial charge in [-0.05, 0) is 42.5 Å². The van der Waals surface area contributed by atoms with Crippen LogP contribution in [0.2, 0.25) is 0 Å². The number of para-hydroxylation sites is 1. The van der Waals surface area contributed by atoms with Crippen molar-refractivity contribution in [1.29, 1.82) is 0 Å². The lowest BCUT2D eigenvalue weighted by molar-refractivity contribution is -0.0498. The number of halogens is 2. The van der Waals surface area contributed by atoms with E-state index in [1.807, 2.05) is 0 Å². The maximum Gasteiger partial charge on any atom is 0.387 e. The molecule has 0 aliphatic rings. The third-order valence-corrected chi connectivity index (χ3v) is 3.37. The molecule has 0 bridgehead atoms. The van der Waals surface area contributed by atoms with Crippen LogP contribution in [0, 0.1) is 0 Å². The van der Waals surface area contributed by atoms with Gasteiger partial charge in [0.25, 0.3) is 11.5 Å². The molecule has 0 saturated carbocycles. The van der Waals surface area contributed by atoms with Gasteiger partial charge in [0, 0.05) is 11.8 Å². The Bertz CT molecular complexity index is 957. The second-order valence-corrected chi connectivity index (χ2v) is 5.16. The number of rotatable bonds is 5. The Kier molecular flexibility index (Phi) is 5.02. The fourth-order valence-corrected chi connectivity index (χ4v) is 2.20. The van der Waals surface area contributed by atoms with Crippen LogP contribution < -0.4 is 15.6 Å². The third-order valence-electron chi connectivity index (χ3n) is 3.37. The summed E-state index contributed by atoms with van der Waals surface area (Å²) in [7, 11) is 0. The van der Waals surface area contributed by atoms with E-state index in [2.05, 4.69) is 15.2 Å². The van der Waals surface area contributed by atoms with Crippen molar-refractivity contribution in [3.05, 3.63) is 82.8 Å². The predicted molar refractivity (Wildman–Crippen MR) is 90.9 cm³/mol. The van der Waals surface area contributed by atoms with Crippen molar-refractivity contribution in [3.63, 3.8) is 0 Å². The first-order chi connectivity index (χ1) is 12.5. The van der Waals surface area contributed by atoms with E-state index in [0.29, 0.717) is 11.4 Å². The summed E-state index contributed by atoms with van der Waals surface area (Å²) in [6.07, 6.45) is 0. The van der Waals surface area contributed by atoms with Gasteiger partial charge >= 0.3 is 6.61 Å². The van der Waals surface area contributed by atoms with Crippen molar-refractivity contribution in [3.8, 4) is 11.4 Å². The van der Waals surface area contributed by atoms with E-state index in [9.17, 15) is 18.4 Å². The maximum absolute atomic E-state index is 12.3. The zero-order valence-corrected chi connectivity index (χ0v) is 13.3. The van der Waals surface area contributed by atoms with Gasteiger partial charge in [-0.1, -0.05) is 18.2 Å². The summed E-state index contributed by atoms with van der Waals surface area (Å²) < 4.78 is 29.6. The summed E-state index contributed by atoms with van der Waals surface area (Å²) in [5, 5.41) is 6.64. The molecule has 6 nitrogen and oxygen atoms in total. The fraction of sp³-hybridized carbons (Fsp3) is 0.0556. The molecule has 3 rings (SSSR count). The lowest BCUT2D eigenvalue weighted by atomic mass is 10.3. The molecule has 1 amide bonds. The molecule has 0 fully saturated rings. The van der Waals surface area contributed by atoms with Crippen LogP contribution in [-0.2, 0) is 0 Å². The number of carbonyl (C=O) groups excluding carboxylic acids is 1. The van der Waals surface area contributed by atoms with Crippen LogP contribution in [0.4, 0.5) is 14.5 Å². The van der Waals surface area contributed by atoms with Gasteiger partial charge in [-0.3, -0.25) is 9.59 Å². The summed E-state index contributed by atoms with van der Waals surface area (Å²) in [6.45, 7) is -2.92. The number of alkyl halides is 2. The molecule has 0 saturated heterocycles. The van der Waals surface area contributed by atoms with Crippen LogP contribution in [0.15, 0.2) is 71.5 Å². The number of anilines is 1. The molecule has 132 valence electrons. The first-order valence-corrected chi connectivity index (χ1v) is 7.55. The van der Waals surface area contributed by atoms with Crippen molar-refractivity contribution in [2.24, 2.45) is 0 Å². The summed E-state index contributed by atoms with van der Waals surface area (Å²) >= 11 is 0. The van der Waals surface area contributed by atoms with Crippen molar-refractivity contribution in [1.82, 2.24) is 9.78 Å². The molecular formula is C18H13F2N3O3. The molecular weight excluding hydrogens is 344 g/mol. The van der Waals surface area contributed by atoms with Crippen molar-refractivity contribution in [2.45, 2.75) is 6.61 Å². The number of carbonyl (C=O) groups is 1. The highest BCUT2D eigenvalue weighted by atomic mass is 19.3. The van der Waals surface area contributed by atoms with E-state index in [4.69, 9.17) is 0 Å². The number of hydrogen-bond donors (Lipinski definition) is 1. The first kappa shape index (κ1) is 17.3. The Morgan fingerprint density at radius 1 is 1.00 bits per heavy atom. The average Bonchev–Trinajstić information content (AvgIpc) is 2.64. The highest BCUT2D eigenvalue weighted by molar-refractivity contribution is 6.02. The third kappa shape index (κ3) is 4.10. The summed E-state index contributed by atoms with van der Waals surface area (Å²) in [5.74, 6) is -0.564. The molecule has 0 atom stereocenters. The van der Waals surface area contributed by atoms with Gasteiger partial charge in [-0.2, -0.15) is 18.6 Å². The Morgan fingerprint density at radius 2 is 1.69 bits per heavy atom. The second kappa shape index (κ2) is 7.56. The molecule has 3 aromatic rings. The predicted octanol–water partition coefficient (Wildman–Crippen LogP) is 3.09. The first-order valence-electron chi connectivity index (χ1n) is 7.55. The quantitative estimate of drug-likeness (QED) is 0.762. The van der Waals surface area contributed by atoms with Gasteiger partial charge in [-0.15, -0.1) is 0 Å². The van der Waals surface area contributed by atoms with E-state index < -0.39 is 12.5 Å². The molecule has 0 aliphatic carbocycles. The molecule has 2 aromatic carbocycles. The van der Waals surface area contributed by atoms with E-state index in [1.54, 1.807) is 30.3 Å². The largest absolute Gasteiger partial charge is 0.435 e. The molecule has 0 unspecified atom stereocenters. The van der Waals surface area contributed by atoms with Gasteiger partial charge in [0.1, 0.15) is 11.4 Å². The Labute approximate surface area is 146 Å². The smallest absolute Gasteiger partial charge is 0.387 e. The maximum atomic E-state index is 12.3. The minimum atomic E-state index is -2.92. The molecule has 26 heavy (non-hydrogen) atoms. The lowest BCUT2D eigenvalue weighted by Crippen LogP contribution is -2.24. The van der Waals surface area contributed by atoms with Crippen molar-refractivity contribution < 1.29 is 18.3 Å². The van der Waals surface area contributed by atoms with Crippen molar-refractivity contribution in [2.75, 3.05) is 5.32 Å². The topological polar surface area (TPSA) is 73.2 Å². The number of ether oxygens (including phenoxy) is 1. The molecule has 0 aliphatic heterocycles. The second-order valence-electron chi connectivity index (χ2n) is 5.16. The zero-order valence-electron chi connectivity index (χ0n) is 13.3. The number of aromatic nitrogens is 2. The Hall–Kier alpha value is -3.55. The van der Waals surface area contributed by atoms with Crippen LogP contribution in [0.5, 0.6) is 5.75 Å². The molecule has 1 heterocycles. The standard InChI is InChI=1S/C18H13F2N3O3/c19-18(20)26-14-8-6-12(7-9-14)21-17(25)15-10-11-16(24)23(22-15)13-4-2-1-3-5-13/h1-11,18H,(H,21,25). The Morgan fingerprint density at radius 3 is 2.35 bits per heavy atom. The number of hydrogen-bond acceptors (Lipinski definition) is 4. The lowest BCUT2D eigenvalue weighted by Gasteiger charge is -2.09. The fourth-order valence-electron chi connectivity index (χ4n) is 2.20. The monoisotopic (exact) mass is 357 g/mol. The van der Waals surface area contributed by atoms with E-state index in [1.165, 1.54) is 36.4 Å². The molecule has 1 N–H and O–H groups in total. The molecule has 1 aromatic heterocycles. The van der Waals surface area contributed by atoms with Crippen LogP contribution >= 0.6 is 0 Å². The number of nitrogens with one attached hydrogen (secondary N) is 1. The van der Waals surface area contributed by atoms with Gasteiger partial charge in [0.2, 0.25) is 0 Å². The number of benzene rings is 2. The Balaban J connectivity index is 1.79. The van der Waals surface area contributed by atoms with Crippen LogP contribution in [-0.4, -0.2) is 22.3 Å². The highest BCUT2D eigenvalue weighted by Crippen LogP contribution is 2.18. The normalized spacial score (nSPS) is 10.6. The number of amides is 1. The minimum absolute atomic E-state index is 0.0197. The van der Waals surface area contributed by atoms with Crippen LogP contribution in [0.3, 0.4) is 0 Å². The minimum Gasteiger partial charge on any atom is -0.435 e. The molecule has 0 spiro atoms. The van der Waals surface area contributed by atoms with Crippen LogP contribution in [0.25, 0.3) is 5.69 Å². The van der Waals surface area contributed by atoms with Gasteiger partial charge in [0.05, 0.1) is 5.69 Å². The zero-order chi connectivity index (χ0) is 18.5. The number of nitrogens with zero attached hydrogens (tertiary/aromatic N) is 2. The highest BCUT2D eigenvalue weighted by Gasteiger charge is 2.11. The summed E-state index contributed by atoms with van der Waals surface area (Å²) in [6, 6.07) is 16.7. The van der Waals surface area contributed by atoms with Gasteiger partial charge < -0.3 is 10.1 Å². The van der Waals surface area contributed by atoms with Crippen molar-refractivity contribution >= 4 is 11.6 Å². The van der Waals surface area contributed by atoms with Crippen LogP contribution in [0.1, 0.15) is 10.5 Å². The van der Waals surface area contributed by atoms with Gasteiger partial charge in [0.15, 0.2) is 0 Å².